The molecule has 0 fully saturated rings. The van der Waals surface area contributed by atoms with Gasteiger partial charge in [-0.1, -0.05) is 89.3 Å². The minimum Gasteiger partial charge on any atom is -0.0804 e. The van der Waals surface area contributed by atoms with Crippen molar-refractivity contribution in [3.8, 4) is 0 Å². The highest BCUT2D eigenvalue weighted by atomic mass is 14.2. The third kappa shape index (κ3) is 6.98. The molecular weight excluding hydrogens is 252 g/mol. The molecule has 118 valence electrons. The van der Waals surface area contributed by atoms with Gasteiger partial charge in [0.1, 0.15) is 0 Å². The van der Waals surface area contributed by atoms with E-state index in [0.717, 1.165) is 0 Å². The third-order valence-corrected chi connectivity index (χ3v) is 4.45. The number of hydrogen-bond acceptors (Lipinski definition) is 0. The van der Waals surface area contributed by atoms with Crippen LogP contribution in [0, 0.1) is 5.92 Å². The molecule has 0 aliphatic heterocycles. The Morgan fingerprint density at radius 3 is 2.10 bits per heavy atom. The number of allylic oxidation sites excluding steroid dienone is 2. The average Bonchev–Trinajstić information content (AvgIpc) is 2.54. The van der Waals surface area contributed by atoms with Gasteiger partial charge in [0, 0.05) is 0 Å². The summed E-state index contributed by atoms with van der Waals surface area (Å²) in [5, 5.41) is 0. The third-order valence-electron chi connectivity index (χ3n) is 4.45. The van der Waals surface area contributed by atoms with Crippen molar-refractivity contribution in [3.05, 3.63) is 42.0 Å². The molecule has 0 aliphatic rings. The molecule has 0 unspecified atom stereocenters. The molecule has 0 aromatic heterocycles. The van der Waals surface area contributed by atoms with E-state index in [1.54, 1.807) is 5.57 Å². The number of unbranched alkanes of at least 4 members (excludes halogenated alkanes) is 6. The molecule has 0 saturated carbocycles. The molecule has 0 bridgehead atoms. The fourth-order valence-electron chi connectivity index (χ4n) is 3.06. The van der Waals surface area contributed by atoms with Crippen molar-refractivity contribution >= 4 is 5.57 Å². The van der Waals surface area contributed by atoms with Gasteiger partial charge in [0.15, 0.2) is 0 Å². The van der Waals surface area contributed by atoms with Gasteiger partial charge in [-0.05, 0) is 42.7 Å². The quantitative estimate of drug-likeness (QED) is 0.375. The molecule has 0 N–H and O–H groups in total. The van der Waals surface area contributed by atoms with Crippen LogP contribution in [0.4, 0.5) is 0 Å². The maximum Gasteiger partial charge on any atom is -0.0164 e. The van der Waals surface area contributed by atoms with Crippen molar-refractivity contribution < 1.29 is 0 Å². The minimum atomic E-state index is 0.715. The molecule has 0 amide bonds. The molecule has 0 nitrogen and oxygen atoms in total. The fraction of sp³-hybridized carbons (Fsp3) is 0.619. The molecule has 0 saturated heterocycles. The van der Waals surface area contributed by atoms with Gasteiger partial charge < -0.3 is 0 Å². The highest BCUT2D eigenvalue weighted by molar-refractivity contribution is 5.67. The topological polar surface area (TPSA) is 0 Å². The number of hydrogen-bond donors (Lipinski definition) is 0. The number of rotatable bonds is 11. The Kier molecular flexibility index (Phi) is 9.95. The SMILES string of the molecule is CCCCCCCC/C=C(/c1ccccc1)C(CC)CC. The van der Waals surface area contributed by atoms with Crippen LogP contribution in [0.25, 0.3) is 5.57 Å². The Hall–Kier alpha value is -1.04. The zero-order valence-corrected chi connectivity index (χ0v) is 14.4. The first-order chi connectivity index (χ1) is 10.3. The molecule has 0 atom stereocenters. The van der Waals surface area contributed by atoms with Crippen LogP contribution in [0.5, 0.6) is 0 Å². The predicted octanol–water partition coefficient (Wildman–Crippen LogP) is 7.26. The van der Waals surface area contributed by atoms with E-state index in [0.29, 0.717) is 5.92 Å². The van der Waals surface area contributed by atoms with Crippen LogP contribution < -0.4 is 0 Å². The van der Waals surface area contributed by atoms with E-state index in [4.69, 9.17) is 0 Å². The molecule has 1 aromatic rings. The summed E-state index contributed by atoms with van der Waals surface area (Å²) in [6.45, 7) is 6.91. The van der Waals surface area contributed by atoms with Crippen molar-refractivity contribution in [2.45, 2.75) is 78.6 Å². The summed E-state index contributed by atoms with van der Waals surface area (Å²) < 4.78 is 0. The second-order valence-corrected chi connectivity index (χ2v) is 6.10. The van der Waals surface area contributed by atoms with Gasteiger partial charge in [-0.2, -0.15) is 0 Å². The van der Waals surface area contributed by atoms with E-state index in [1.807, 2.05) is 0 Å². The first-order valence-corrected chi connectivity index (χ1v) is 9.08. The van der Waals surface area contributed by atoms with E-state index in [-0.39, 0.29) is 0 Å². The summed E-state index contributed by atoms with van der Waals surface area (Å²) in [7, 11) is 0. The summed E-state index contributed by atoms with van der Waals surface area (Å²) in [6.07, 6.45) is 14.6. The minimum absolute atomic E-state index is 0.715. The highest BCUT2D eigenvalue weighted by Crippen LogP contribution is 2.29. The fourth-order valence-corrected chi connectivity index (χ4v) is 3.06. The first-order valence-electron chi connectivity index (χ1n) is 9.08. The maximum atomic E-state index is 2.52. The van der Waals surface area contributed by atoms with Crippen LogP contribution in [0.1, 0.15) is 84.1 Å². The van der Waals surface area contributed by atoms with E-state index in [9.17, 15) is 0 Å². The van der Waals surface area contributed by atoms with Crippen molar-refractivity contribution in [2.24, 2.45) is 5.92 Å². The lowest BCUT2D eigenvalue weighted by atomic mass is 9.87. The molecule has 0 heteroatoms. The Bertz CT molecular complexity index is 370. The van der Waals surface area contributed by atoms with Gasteiger partial charge in [0.05, 0.1) is 0 Å². The van der Waals surface area contributed by atoms with Crippen molar-refractivity contribution in [1.82, 2.24) is 0 Å². The van der Waals surface area contributed by atoms with Crippen molar-refractivity contribution in [2.75, 3.05) is 0 Å². The van der Waals surface area contributed by atoms with Crippen LogP contribution in [0.15, 0.2) is 36.4 Å². The van der Waals surface area contributed by atoms with Crippen LogP contribution in [0.2, 0.25) is 0 Å². The molecule has 0 spiro atoms. The predicted molar refractivity (Wildman–Crippen MR) is 96.5 cm³/mol. The summed E-state index contributed by atoms with van der Waals surface area (Å²) in [4.78, 5) is 0. The van der Waals surface area contributed by atoms with Gasteiger partial charge in [0.25, 0.3) is 0 Å². The molecule has 0 aliphatic carbocycles. The van der Waals surface area contributed by atoms with Crippen LogP contribution in [-0.2, 0) is 0 Å². The largest absolute Gasteiger partial charge is 0.0804 e. The Morgan fingerprint density at radius 2 is 1.48 bits per heavy atom. The normalized spacial score (nSPS) is 12.1. The van der Waals surface area contributed by atoms with Gasteiger partial charge in [-0.25, -0.2) is 0 Å². The van der Waals surface area contributed by atoms with E-state index in [1.165, 1.54) is 63.4 Å². The second-order valence-electron chi connectivity index (χ2n) is 6.10. The van der Waals surface area contributed by atoms with Crippen LogP contribution in [-0.4, -0.2) is 0 Å². The lowest BCUT2D eigenvalue weighted by Crippen LogP contribution is -2.01. The van der Waals surface area contributed by atoms with Gasteiger partial charge in [0.2, 0.25) is 0 Å². The lowest BCUT2D eigenvalue weighted by Gasteiger charge is -2.18. The van der Waals surface area contributed by atoms with Crippen molar-refractivity contribution in [3.63, 3.8) is 0 Å². The monoisotopic (exact) mass is 286 g/mol. The maximum absolute atomic E-state index is 2.52. The standard InChI is InChI=1S/C21H34/c1-4-7-8-9-10-11-15-18-21(19(5-2)6-3)20-16-13-12-14-17-20/h12-14,16-19H,4-11,15H2,1-3H3/b21-18+. The zero-order valence-electron chi connectivity index (χ0n) is 14.4. The van der Waals surface area contributed by atoms with Gasteiger partial charge in [-0.3, -0.25) is 0 Å². The molecular formula is C21H34. The highest BCUT2D eigenvalue weighted by Gasteiger charge is 2.11. The van der Waals surface area contributed by atoms with Gasteiger partial charge >= 0.3 is 0 Å². The van der Waals surface area contributed by atoms with Gasteiger partial charge in [-0.15, -0.1) is 0 Å². The zero-order chi connectivity index (χ0) is 15.3. The summed E-state index contributed by atoms with van der Waals surface area (Å²) >= 11 is 0. The molecule has 0 heterocycles. The van der Waals surface area contributed by atoms with E-state index < -0.39 is 0 Å². The Balaban J connectivity index is 2.54. The summed E-state index contributed by atoms with van der Waals surface area (Å²) in [5.74, 6) is 0.715. The smallest absolute Gasteiger partial charge is 0.0164 e. The molecule has 21 heavy (non-hydrogen) atoms. The van der Waals surface area contributed by atoms with E-state index in [2.05, 4.69) is 57.2 Å². The van der Waals surface area contributed by atoms with E-state index >= 15 is 0 Å². The Labute approximate surface area is 132 Å². The van der Waals surface area contributed by atoms with Crippen LogP contribution in [0.3, 0.4) is 0 Å². The summed E-state index contributed by atoms with van der Waals surface area (Å²) in [6, 6.07) is 11.0. The number of benzene rings is 1. The molecule has 0 radical (unpaired) electrons. The molecule has 1 rings (SSSR count). The average molecular weight is 287 g/mol. The lowest BCUT2D eigenvalue weighted by molar-refractivity contribution is 0.605. The second kappa shape index (κ2) is 11.6. The Morgan fingerprint density at radius 1 is 0.857 bits per heavy atom. The van der Waals surface area contributed by atoms with Crippen molar-refractivity contribution in [1.29, 1.82) is 0 Å². The molecule has 1 aromatic carbocycles. The summed E-state index contributed by atoms with van der Waals surface area (Å²) in [5.41, 5.74) is 3.01. The first kappa shape index (κ1) is 18.0. The van der Waals surface area contributed by atoms with Crippen LogP contribution >= 0.6 is 0 Å².